The molecule has 0 rings (SSSR count). The van der Waals surface area contributed by atoms with Gasteiger partial charge in [-0.1, -0.05) is 320 Å². The molecule has 6 nitrogen and oxygen atoms in total. The zero-order chi connectivity index (χ0) is 53.6. The number of ether oxygens (including phenoxy) is 1. The summed E-state index contributed by atoms with van der Waals surface area (Å²) in [6, 6.07) is -0.640. The Bertz CT molecular complexity index is 1200. The molecule has 0 aliphatic carbocycles. The molecular weight excluding hydrogens is 911 g/mol. The van der Waals surface area contributed by atoms with Crippen molar-refractivity contribution in [3.8, 4) is 0 Å². The van der Waals surface area contributed by atoms with Crippen molar-refractivity contribution in [2.45, 2.75) is 373 Å². The second-order valence-corrected chi connectivity index (χ2v) is 22.8. The van der Waals surface area contributed by atoms with Crippen LogP contribution in [0.5, 0.6) is 0 Å². The van der Waals surface area contributed by atoms with E-state index in [1.54, 1.807) is 6.08 Å². The van der Waals surface area contributed by atoms with Crippen LogP contribution in [0.2, 0.25) is 0 Å². The third-order valence-electron chi connectivity index (χ3n) is 15.4. The van der Waals surface area contributed by atoms with Gasteiger partial charge in [-0.2, -0.15) is 0 Å². The molecule has 0 aromatic heterocycles. The molecule has 0 heterocycles. The number of carbonyl (C=O) groups is 2. The molecule has 6 heteroatoms. The average molecular weight is 1040 g/mol. The lowest BCUT2D eigenvalue weighted by Crippen LogP contribution is -2.45. The maximum absolute atomic E-state index is 12.5. The topological polar surface area (TPSA) is 95.9 Å². The van der Waals surface area contributed by atoms with E-state index in [1.165, 1.54) is 270 Å². The molecule has 2 unspecified atom stereocenters. The van der Waals surface area contributed by atoms with Gasteiger partial charge in [0.2, 0.25) is 5.91 Å². The first-order valence-corrected chi connectivity index (χ1v) is 33.3. The molecule has 0 aromatic carbocycles. The number of aliphatic hydroxyl groups is 2. The highest BCUT2D eigenvalue weighted by Gasteiger charge is 2.18. The Kier molecular flexibility index (Phi) is 62.0. The summed E-state index contributed by atoms with van der Waals surface area (Å²) >= 11 is 0. The van der Waals surface area contributed by atoms with E-state index in [9.17, 15) is 19.8 Å². The minimum Gasteiger partial charge on any atom is -0.466 e. The van der Waals surface area contributed by atoms with Crippen LogP contribution in [0.25, 0.3) is 0 Å². The number of amides is 1. The highest BCUT2D eigenvalue weighted by molar-refractivity contribution is 5.76. The summed E-state index contributed by atoms with van der Waals surface area (Å²) in [6.45, 7) is 4.88. The molecule has 2 atom stereocenters. The fourth-order valence-electron chi connectivity index (χ4n) is 10.3. The predicted octanol–water partition coefficient (Wildman–Crippen LogP) is 21.1. The Hall–Kier alpha value is -1.92. The minimum atomic E-state index is -0.855. The SMILES string of the molecule is CCCCC/C=C\C/C=C\CCCCCCCCCCCC(=O)OCCCCCCCCCCCCCCCC(=O)NC(CO)C(O)/C=C/CCCCCCCCCCCCCCCCCCCCCCCCC. The maximum Gasteiger partial charge on any atom is 0.305 e. The molecular formula is C68H129NO5. The van der Waals surface area contributed by atoms with Crippen molar-refractivity contribution in [2.24, 2.45) is 0 Å². The van der Waals surface area contributed by atoms with E-state index in [-0.39, 0.29) is 18.5 Å². The molecule has 0 spiro atoms. The molecule has 1 amide bonds. The number of nitrogens with one attached hydrogen (secondary N) is 1. The van der Waals surface area contributed by atoms with Gasteiger partial charge in [-0.05, 0) is 64.2 Å². The quantitative estimate of drug-likeness (QED) is 0.0320. The summed E-state index contributed by atoms with van der Waals surface area (Å²) < 4.78 is 5.49. The van der Waals surface area contributed by atoms with Crippen molar-refractivity contribution in [3.05, 3.63) is 36.5 Å². The van der Waals surface area contributed by atoms with Gasteiger partial charge in [-0.15, -0.1) is 0 Å². The van der Waals surface area contributed by atoms with Crippen LogP contribution in [-0.2, 0) is 14.3 Å². The van der Waals surface area contributed by atoms with Crippen molar-refractivity contribution in [1.29, 1.82) is 0 Å². The van der Waals surface area contributed by atoms with E-state index in [1.807, 2.05) is 6.08 Å². The normalized spacial score (nSPS) is 12.8. The zero-order valence-corrected chi connectivity index (χ0v) is 49.8. The molecule has 0 radical (unpaired) electrons. The molecule has 436 valence electrons. The van der Waals surface area contributed by atoms with Gasteiger partial charge in [0.25, 0.3) is 0 Å². The molecule has 0 saturated heterocycles. The van der Waals surface area contributed by atoms with E-state index >= 15 is 0 Å². The zero-order valence-electron chi connectivity index (χ0n) is 49.8. The number of hydrogen-bond acceptors (Lipinski definition) is 5. The summed E-state index contributed by atoms with van der Waals surface area (Å²) in [4.78, 5) is 24.6. The standard InChI is InChI=1S/C68H129NO5/c1-3-5-7-9-11-13-15-17-19-21-23-24-25-26-27-28-30-31-33-36-40-44-48-52-56-60-66(71)65(64-70)69-67(72)61-57-53-49-45-41-37-35-39-43-47-51-55-59-63-74-68(73)62-58-54-50-46-42-38-34-32-29-22-20-18-16-14-12-10-8-6-4-2/h12,14,18,20,56,60,65-66,70-71H,3-11,13,15-17,19,21-55,57-59,61-64H2,1-2H3,(H,69,72)/b14-12-,20-18-,60-56+. The molecule has 74 heavy (non-hydrogen) atoms. The van der Waals surface area contributed by atoms with Gasteiger partial charge >= 0.3 is 5.97 Å². The van der Waals surface area contributed by atoms with Crippen molar-refractivity contribution in [2.75, 3.05) is 13.2 Å². The lowest BCUT2D eigenvalue weighted by atomic mass is 10.0. The number of allylic oxidation sites excluding steroid dienone is 5. The van der Waals surface area contributed by atoms with Gasteiger partial charge in [-0.3, -0.25) is 9.59 Å². The maximum atomic E-state index is 12.5. The van der Waals surface area contributed by atoms with Crippen LogP contribution in [0, 0.1) is 0 Å². The third kappa shape index (κ3) is 59.3. The Labute approximate surface area is 462 Å². The summed E-state index contributed by atoms with van der Waals surface area (Å²) in [6.07, 6.45) is 80.5. The molecule has 0 aliphatic heterocycles. The summed E-state index contributed by atoms with van der Waals surface area (Å²) in [5.41, 5.74) is 0. The fraction of sp³-hybridized carbons (Fsp3) is 0.882. The number of esters is 1. The van der Waals surface area contributed by atoms with Gasteiger partial charge < -0.3 is 20.3 Å². The summed E-state index contributed by atoms with van der Waals surface area (Å²) in [5, 5.41) is 23.2. The van der Waals surface area contributed by atoms with E-state index < -0.39 is 12.1 Å². The van der Waals surface area contributed by atoms with Crippen molar-refractivity contribution < 1.29 is 24.5 Å². The second-order valence-electron chi connectivity index (χ2n) is 22.8. The molecule has 0 fully saturated rings. The number of rotatable bonds is 62. The molecule has 0 saturated carbocycles. The summed E-state index contributed by atoms with van der Waals surface area (Å²) in [5.74, 6) is -0.0872. The summed E-state index contributed by atoms with van der Waals surface area (Å²) in [7, 11) is 0. The smallest absolute Gasteiger partial charge is 0.305 e. The van der Waals surface area contributed by atoms with E-state index in [0.717, 1.165) is 64.2 Å². The van der Waals surface area contributed by atoms with E-state index in [2.05, 4.69) is 43.5 Å². The van der Waals surface area contributed by atoms with Crippen molar-refractivity contribution >= 4 is 11.9 Å². The van der Waals surface area contributed by atoms with E-state index in [0.29, 0.717) is 19.4 Å². The van der Waals surface area contributed by atoms with Crippen molar-refractivity contribution in [1.82, 2.24) is 5.32 Å². The molecule has 0 bridgehead atoms. The third-order valence-corrected chi connectivity index (χ3v) is 15.4. The van der Waals surface area contributed by atoms with Crippen LogP contribution in [0.1, 0.15) is 361 Å². The first kappa shape index (κ1) is 72.1. The highest BCUT2D eigenvalue weighted by atomic mass is 16.5. The first-order chi connectivity index (χ1) is 36.5. The number of unbranched alkanes of at least 4 members (excludes halogenated alkanes) is 47. The average Bonchev–Trinajstić information content (AvgIpc) is 3.40. The monoisotopic (exact) mass is 1040 g/mol. The number of aliphatic hydroxyl groups excluding tert-OH is 2. The molecule has 0 aromatic rings. The van der Waals surface area contributed by atoms with Gasteiger partial charge in [-0.25, -0.2) is 0 Å². The Balaban J connectivity index is 3.46. The number of hydrogen-bond donors (Lipinski definition) is 3. The lowest BCUT2D eigenvalue weighted by Gasteiger charge is -2.20. The number of carbonyl (C=O) groups excluding carboxylic acids is 2. The van der Waals surface area contributed by atoms with Crippen LogP contribution >= 0.6 is 0 Å². The van der Waals surface area contributed by atoms with E-state index in [4.69, 9.17) is 4.74 Å². The molecule has 0 aliphatic rings. The Morgan fingerprint density at radius 1 is 0.378 bits per heavy atom. The van der Waals surface area contributed by atoms with Gasteiger partial charge in [0, 0.05) is 12.8 Å². The fourth-order valence-corrected chi connectivity index (χ4v) is 10.3. The van der Waals surface area contributed by atoms with Gasteiger partial charge in [0.15, 0.2) is 0 Å². The molecule has 3 N–H and O–H groups in total. The predicted molar refractivity (Wildman–Crippen MR) is 324 cm³/mol. The van der Waals surface area contributed by atoms with Crippen LogP contribution in [0.4, 0.5) is 0 Å². The van der Waals surface area contributed by atoms with Gasteiger partial charge in [0.05, 0.1) is 25.4 Å². The first-order valence-electron chi connectivity index (χ1n) is 33.3. The Morgan fingerprint density at radius 3 is 1.05 bits per heavy atom. The largest absolute Gasteiger partial charge is 0.466 e. The van der Waals surface area contributed by atoms with Gasteiger partial charge in [0.1, 0.15) is 0 Å². The van der Waals surface area contributed by atoms with Crippen molar-refractivity contribution in [3.63, 3.8) is 0 Å². The second kappa shape index (κ2) is 63.6. The highest BCUT2D eigenvalue weighted by Crippen LogP contribution is 2.18. The van der Waals surface area contributed by atoms with Crippen LogP contribution in [-0.4, -0.2) is 47.4 Å². The van der Waals surface area contributed by atoms with Crippen LogP contribution in [0.3, 0.4) is 0 Å². The van der Waals surface area contributed by atoms with Crippen LogP contribution in [0.15, 0.2) is 36.5 Å². The Morgan fingerprint density at radius 2 is 0.676 bits per heavy atom. The van der Waals surface area contributed by atoms with Crippen LogP contribution < -0.4 is 5.32 Å². The minimum absolute atomic E-state index is 0.00974. The lowest BCUT2D eigenvalue weighted by molar-refractivity contribution is -0.143.